The molecule has 1 fully saturated rings. The summed E-state index contributed by atoms with van der Waals surface area (Å²) in [5, 5.41) is 8.21. The minimum absolute atomic E-state index is 0.0833. The summed E-state index contributed by atoms with van der Waals surface area (Å²) in [6.45, 7) is 13.1. The van der Waals surface area contributed by atoms with E-state index >= 15 is 0 Å². The van der Waals surface area contributed by atoms with Gasteiger partial charge in [0, 0.05) is 13.0 Å². The van der Waals surface area contributed by atoms with Gasteiger partial charge in [-0.25, -0.2) is 0 Å². The summed E-state index contributed by atoms with van der Waals surface area (Å²) in [5.41, 5.74) is 2.02. The Bertz CT molecular complexity index is 190. The van der Waals surface area contributed by atoms with Crippen LogP contribution in [0.3, 0.4) is 0 Å². The molecule has 18 heavy (non-hydrogen) atoms. The van der Waals surface area contributed by atoms with Gasteiger partial charge in [-0.1, -0.05) is 27.7 Å². The Balaban J connectivity index is -0.000000210. The lowest BCUT2D eigenvalue weighted by molar-refractivity contribution is -0.133. The highest BCUT2D eigenvalue weighted by Gasteiger charge is 2.25. The number of aliphatic hydroxyl groups is 1. The highest BCUT2D eigenvalue weighted by molar-refractivity contribution is 4.74. The number of hydrogen-bond acceptors (Lipinski definition) is 1. The Hall–Kier alpha value is -0.730. The number of hydrogen-bond donors (Lipinski definition) is 1. The highest BCUT2D eigenvalue weighted by Crippen LogP contribution is 2.27. The van der Waals surface area contributed by atoms with Crippen molar-refractivity contribution < 1.29 is 18.3 Å². The second-order valence-electron chi connectivity index (χ2n) is 3.15. The second-order valence-corrected chi connectivity index (χ2v) is 3.15. The zero-order valence-electron chi connectivity index (χ0n) is 11.8. The molecule has 0 atom stereocenters. The van der Waals surface area contributed by atoms with E-state index in [0.717, 1.165) is 6.08 Å². The third-order valence-corrected chi connectivity index (χ3v) is 1.65. The Kier molecular flexibility index (Phi) is 20.3. The summed E-state index contributed by atoms with van der Waals surface area (Å²) < 4.78 is 33.9. The molecule has 1 rings (SSSR count). The van der Waals surface area contributed by atoms with Gasteiger partial charge in [0.05, 0.1) is 0 Å². The molecule has 1 N–H and O–H groups in total. The van der Waals surface area contributed by atoms with E-state index in [-0.39, 0.29) is 6.42 Å². The topological polar surface area (TPSA) is 20.2 Å². The van der Waals surface area contributed by atoms with Gasteiger partial charge < -0.3 is 5.11 Å². The van der Waals surface area contributed by atoms with E-state index in [2.05, 4.69) is 6.58 Å². The molecule has 1 aliphatic carbocycles. The molecule has 0 heterocycles. The lowest BCUT2D eigenvalue weighted by atomic mass is 10.3. The summed E-state index contributed by atoms with van der Waals surface area (Å²) >= 11 is 0. The first-order chi connectivity index (χ1) is 8.49. The smallest absolute Gasteiger partial charge is 0.389 e. The summed E-state index contributed by atoms with van der Waals surface area (Å²) in [6, 6.07) is 0. The van der Waals surface area contributed by atoms with Crippen molar-refractivity contribution in [2.24, 2.45) is 5.92 Å². The molecule has 0 unspecified atom stereocenters. The van der Waals surface area contributed by atoms with Crippen molar-refractivity contribution in [2.75, 3.05) is 6.61 Å². The van der Waals surface area contributed by atoms with Crippen LogP contribution in [-0.4, -0.2) is 17.9 Å². The normalized spacial score (nSPS) is 12.4. The zero-order chi connectivity index (χ0) is 15.0. The third-order valence-electron chi connectivity index (χ3n) is 1.65. The molecule has 1 saturated carbocycles. The van der Waals surface area contributed by atoms with Crippen LogP contribution in [0.15, 0.2) is 11.8 Å². The van der Waals surface area contributed by atoms with Crippen molar-refractivity contribution in [3.05, 3.63) is 18.4 Å². The van der Waals surface area contributed by atoms with Crippen LogP contribution in [-0.2, 0) is 0 Å². The van der Waals surface area contributed by atoms with Gasteiger partial charge >= 0.3 is 6.18 Å². The summed E-state index contributed by atoms with van der Waals surface area (Å²) in [4.78, 5) is 0. The lowest BCUT2D eigenvalue weighted by Gasteiger charge is -2.00. The minimum Gasteiger partial charge on any atom is -0.396 e. The maximum absolute atomic E-state index is 11.3. The molecule has 0 aromatic rings. The van der Waals surface area contributed by atoms with Crippen LogP contribution in [0.2, 0.25) is 0 Å². The minimum atomic E-state index is -4.08. The first-order valence-electron chi connectivity index (χ1n) is 6.45. The van der Waals surface area contributed by atoms with Crippen molar-refractivity contribution >= 4 is 0 Å². The van der Waals surface area contributed by atoms with Crippen molar-refractivity contribution in [1.29, 1.82) is 0 Å². The molecule has 0 saturated heterocycles. The molecule has 4 heteroatoms. The Labute approximate surface area is 109 Å². The van der Waals surface area contributed by atoms with Crippen molar-refractivity contribution in [1.82, 2.24) is 0 Å². The predicted molar refractivity (Wildman–Crippen MR) is 70.2 cm³/mol. The van der Waals surface area contributed by atoms with Gasteiger partial charge in [-0.15, -0.1) is 5.73 Å². The zero-order valence-corrected chi connectivity index (χ0v) is 11.8. The van der Waals surface area contributed by atoms with Crippen molar-refractivity contribution in [3.63, 3.8) is 0 Å². The molecule has 0 amide bonds. The van der Waals surface area contributed by atoms with Crippen LogP contribution >= 0.6 is 0 Å². The van der Waals surface area contributed by atoms with Gasteiger partial charge in [-0.2, -0.15) is 13.2 Å². The van der Waals surface area contributed by atoms with Crippen molar-refractivity contribution in [2.45, 2.75) is 59.6 Å². The molecule has 0 bridgehead atoms. The second kappa shape index (κ2) is 16.3. The van der Waals surface area contributed by atoms with E-state index in [1.807, 2.05) is 33.4 Å². The Morgan fingerprint density at radius 3 is 1.83 bits per heavy atom. The van der Waals surface area contributed by atoms with Crippen LogP contribution in [0.25, 0.3) is 0 Å². The van der Waals surface area contributed by atoms with Gasteiger partial charge in [0.15, 0.2) is 0 Å². The molecule has 1 aliphatic rings. The molecule has 1 radical (unpaired) electrons. The molecular weight excluding hydrogens is 241 g/mol. The maximum atomic E-state index is 11.3. The fourth-order valence-corrected chi connectivity index (χ4v) is 0.620. The molecule has 0 aromatic heterocycles. The Morgan fingerprint density at radius 1 is 1.22 bits per heavy atom. The standard InChI is InChI=1S/C6H6F3.C4H8O.2C2H6/c1-2-3-4-5-6(7,8)9;5-3-4-1-2-4;2*1-2/h1,3H,4-5H2;4-5H,1-3H2;2*1-2H3. The van der Waals surface area contributed by atoms with Crippen LogP contribution in [0.4, 0.5) is 13.2 Å². The third kappa shape index (κ3) is 29.5. The average molecular weight is 267 g/mol. The van der Waals surface area contributed by atoms with E-state index in [9.17, 15) is 13.2 Å². The average Bonchev–Trinajstić information content (AvgIpc) is 3.17. The maximum Gasteiger partial charge on any atom is 0.389 e. The van der Waals surface area contributed by atoms with E-state index in [1.165, 1.54) is 12.8 Å². The monoisotopic (exact) mass is 267 g/mol. The number of allylic oxidation sites excluding steroid dienone is 1. The number of halogens is 3. The molecule has 0 aliphatic heterocycles. The summed E-state index contributed by atoms with van der Waals surface area (Å²) in [6.07, 6.45) is -1.30. The van der Waals surface area contributed by atoms with E-state index < -0.39 is 12.6 Å². The van der Waals surface area contributed by atoms with Crippen LogP contribution in [0.1, 0.15) is 53.4 Å². The van der Waals surface area contributed by atoms with Crippen LogP contribution in [0.5, 0.6) is 0 Å². The van der Waals surface area contributed by atoms with E-state index in [4.69, 9.17) is 5.11 Å². The van der Waals surface area contributed by atoms with Gasteiger partial charge in [0.2, 0.25) is 0 Å². The molecule has 109 valence electrons. The molecule has 0 spiro atoms. The largest absolute Gasteiger partial charge is 0.396 e. The quantitative estimate of drug-likeness (QED) is 0.720. The van der Waals surface area contributed by atoms with Gasteiger partial charge in [-0.3, -0.25) is 0 Å². The highest BCUT2D eigenvalue weighted by atomic mass is 19.4. The first kappa shape index (κ1) is 22.5. The fourth-order valence-electron chi connectivity index (χ4n) is 0.620. The molecule has 1 nitrogen and oxygen atoms in total. The fraction of sp³-hybridized carbons (Fsp3) is 0.786. The molecule has 0 aromatic carbocycles. The number of alkyl halides is 3. The van der Waals surface area contributed by atoms with Gasteiger partial charge in [0.1, 0.15) is 0 Å². The van der Waals surface area contributed by atoms with Crippen LogP contribution < -0.4 is 0 Å². The van der Waals surface area contributed by atoms with Crippen molar-refractivity contribution in [3.8, 4) is 0 Å². The first-order valence-corrected chi connectivity index (χ1v) is 6.45. The van der Waals surface area contributed by atoms with Gasteiger partial charge in [-0.05, 0) is 37.8 Å². The predicted octanol–water partition coefficient (Wildman–Crippen LogP) is 4.91. The van der Waals surface area contributed by atoms with E-state index in [0.29, 0.717) is 12.5 Å². The SMILES string of the molecule is CC.CC.OCC1CC1.[CH]=C=CCCC(F)(F)F. The van der Waals surface area contributed by atoms with Gasteiger partial charge in [0.25, 0.3) is 0 Å². The summed E-state index contributed by atoms with van der Waals surface area (Å²) in [7, 11) is 0. The summed E-state index contributed by atoms with van der Waals surface area (Å²) in [5.74, 6) is 0.690. The Morgan fingerprint density at radius 2 is 1.67 bits per heavy atom. The molecular formula is C14H26F3O. The van der Waals surface area contributed by atoms with Crippen LogP contribution in [0, 0.1) is 12.5 Å². The van der Waals surface area contributed by atoms with E-state index in [1.54, 1.807) is 0 Å². The lowest BCUT2D eigenvalue weighted by Crippen LogP contribution is -2.05. The number of aliphatic hydroxyl groups excluding tert-OH is 1. The number of rotatable bonds is 3.